The Morgan fingerprint density at radius 2 is 1.98 bits per heavy atom. The van der Waals surface area contributed by atoms with E-state index in [4.69, 9.17) is 4.74 Å². The number of aliphatic hydroxyl groups is 1. The number of aliphatic hydroxyl groups excluding tert-OH is 1. The predicted octanol–water partition coefficient (Wildman–Crippen LogP) is 4.22. The van der Waals surface area contributed by atoms with Crippen molar-refractivity contribution in [2.24, 2.45) is 0 Å². The maximum absolute atomic E-state index is 13.7. The molecule has 4 heterocycles. The summed E-state index contributed by atoms with van der Waals surface area (Å²) in [6.45, 7) is 4.96. The van der Waals surface area contributed by atoms with Crippen LogP contribution in [0.1, 0.15) is 49.8 Å². The Bertz CT molecular complexity index is 1200. The van der Waals surface area contributed by atoms with Gasteiger partial charge >= 0.3 is 12.3 Å². The minimum Gasteiger partial charge on any atom is -0.449 e. The Labute approximate surface area is 231 Å². The predicted molar refractivity (Wildman–Crippen MR) is 145 cm³/mol. The van der Waals surface area contributed by atoms with Crippen LogP contribution in [0.4, 0.5) is 41.1 Å². The molecule has 0 aliphatic carbocycles. The lowest BCUT2D eigenvalue weighted by molar-refractivity contribution is -0.137. The number of alkyl halides is 3. The molecule has 10 nitrogen and oxygen atoms in total. The van der Waals surface area contributed by atoms with Crippen molar-refractivity contribution in [3.63, 3.8) is 0 Å². The number of halogens is 3. The van der Waals surface area contributed by atoms with E-state index in [-0.39, 0.29) is 18.3 Å². The Balaban J connectivity index is 1.30. The highest BCUT2D eigenvalue weighted by atomic mass is 19.4. The van der Waals surface area contributed by atoms with Crippen LogP contribution < -0.4 is 15.5 Å². The number of nitrogens with one attached hydrogen (secondary N) is 2. The van der Waals surface area contributed by atoms with Crippen molar-refractivity contribution in [2.45, 2.75) is 57.0 Å². The fourth-order valence-corrected chi connectivity index (χ4v) is 5.71. The lowest BCUT2D eigenvalue weighted by Gasteiger charge is -2.40. The number of cyclic esters (lactones) is 1. The number of nitrogens with zero attached hydrogens (tertiary/aromatic N) is 5. The summed E-state index contributed by atoms with van der Waals surface area (Å²) < 4.78 is 46.0. The fraction of sp³-hybridized carbons (Fsp3) is 0.593. The van der Waals surface area contributed by atoms with Gasteiger partial charge in [0.1, 0.15) is 11.4 Å². The number of benzene rings is 1. The van der Waals surface area contributed by atoms with E-state index in [2.05, 4.69) is 37.4 Å². The van der Waals surface area contributed by atoms with Gasteiger partial charge in [0.2, 0.25) is 5.95 Å². The molecule has 0 spiro atoms. The smallest absolute Gasteiger partial charge is 0.421 e. The number of anilines is 4. The Morgan fingerprint density at radius 3 is 2.65 bits per heavy atom. The molecular formula is C27H36F3N7O3. The van der Waals surface area contributed by atoms with Gasteiger partial charge in [0.15, 0.2) is 0 Å². The fourth-order valence-electron chi connectivity index (χ4n) is 5.71. The van der Waals surface area contributed by atoms with Crippen LogP contribution in [0.25, 0.3) is 0 Å². The second-order valence-electron chi connectivity index (χ2n) is 10.7. The van der Waals surface area contributed by atoms with Crippen LogP contribution in [0.5, 0.6) is 0 Å². The van der Waals surface area contributed by atoms with E-state index >= 15 is 0 Å². The maximum Gasteiger partial charge on any atom is 0.421 e. The number of ether oxygens (including phenoxy) is 1. The van der Waals surface area contributed by atoms with Gasteiger partial charge in [-0.1, -0.05) is 0 Å². The highest BCUT2D eigenvalue weighted by molar-refractivity contribution is 5.68. The topological polar surface area (TPSA) is 106 Å². The molecule has 3 saturated heterocycles. The molecule has 1 aromatic carbocycles. The molecule has 40 heavy (non-hydrogen) atoms. The number of amides is 1. The van der Waals surface area contributed by atoms with Gasteiger partial charge in [-0.25, -0.2) is 9.78 Å². The summed E-state index contributed by atoms with van der Waals surface area (Å²) in [4.78, 5) is 26.1. The SMILES string of the molecule is CC(O)c1cc(N2C[C@H]3CC[C@@H](C2)N3C)ccc1Nc1ncc(C(F)(F)F)c(NCCCN2CCCOC2=O)n1. The van der Waals surface area contributed by atoms with E-state index in [1.54, 1.807) is 6.92 Å². The molecule has 1 amide bonds. The van der Waals surface area contributed by atoms with E-state index in [9.17, 15) is 23.1 Å². The number of hydrogen-bond donors (Lipinski definition) is 3. The van der Waals surface area contributed by atoms with Crippen molar-refractivity contribution in [1.29, 1.82) is 0 Å². The summed E-state index contributed by atoms with van der Waals surface area (Å²) in [7, 11) is 2.17. The van der Waals surface area contributed by atoms with Crippen LogP contribution in [-0.4, -0.2) is 89.4 Å². The minimum absolute atomic E-state index is 0.0256. The molecular weight excluding hydrogens is 527 g/mol. The minimum atomic E-state index is -4.65. The molecule has 0 radical (unpaired) electrons. The second-order valence-corrected chi connectivity index (χ2v) is 10.7. The van der Waals surface area contributed by atoms with Crippen molar-refractivity contribution in [3.8, 4) is 0 Å². The van der Waals surface area contributed by atoms with Crippen LogP contribution in [0.15, 0.2) is 24.4 Å². The number of fused-ring (bicyclic) bond motifs is 2. The van der Waals surface area contributed by atoms with E-state index in [0.717, 1.165) is 31.4 Å². The third-order valence-corrected chi connectivity index (χ3v) is 7.99. The lowest BCUT2D eigenvalue weighted by atomic mass is 10.1. The first kappa shape index (κ1) is 28.2. The summed E-state index contributed by atoms with van der Waals surface area (Å²) in [6.07, 6.45) is -1.64. The number of aromatic nitrogens is 2. The van der Waals surface area contributed by atoms with Crippen LogP contribution in [0.3, 0.4) is 0 Å². The van der Waals surface area contributed by atoms with Gasteiger partial charge in [0.25, 0.3) is 0 Å². The number of hydrogen-bond acceptors (Lipinski definition) is 9. The van der Waals surface area contributed by atoms with E-state index in [0.29, 0.717) is 49.5 Å². The van der Waals surface area contributed by atoms with Gasteiger partial charge in [0, 0.05) is 67.9 Å². The molecule has 3 aliphatic heterocycles. The first-order chi connectivity index (χ1) is 19.1. The summed E-state index contributed by atoms with van der Waals surface area (Å²) >= 11 is 0. The summed E-state index contributed by atoms with van der Waals surface area (Å²) in [6, 6.07) is 6.70. The molecule has 1 unspecified atom stereocenters. The molecule has 0 saturated carbocycles. The molecule has 218 valence electrons. The Hall–Kier alpha value is -3.32. The molecule has 3 fully saturated rings. The molecule has 3 aliphatic rings. The van der Waals surface area contributed by atoms with Gasteiger partial charge in [-0.2, -0.15) is 18.2 Å². The van der Waals surface area contributed by atoms with E-state index < -0.39 is 23.9 Å². The van der Waals surface area contributed by atoms with Crippen LogP contribution >= 0.6 is 0 Å². The van der Waals surface area contributed by atoms with Gasteiger partial charge in [0.05, 0.1) is 12.7 Å². The van der Waals surface area contributed by atoms with Crippen molar-refractivity contribution in [1.82, 2.24) is 19.8 Å². The molecule has 2 bridgehead atoms. The monoisotopic (exact) mass is 563 g/mol. The second kappa shape index (κ2) is 11.7. The zero-order chi connectivity index (χ0) is 28.4. The standard InChI is InChI=1S/C27H36F3N7O3/c1-17(38)21-13-18(37-15-19-5-6-20(16-37)35(19)2)7-8-23(21)33-25-32-14-22(27(28,29)30)24(34-25)31-9-3-10-36-11-4-12-40-26(36)39/h7-8,13-14,17,19-20,38H,3-6,9-12,15-16H2,1-2H3,(H2,31,32,33,34)/t17?,19-,20+. The Morgan fingerprint density at radius 1 is 1.23 bits per heavy atom. The third kappa shape index (κ3) is 6.20. The molecule has 3 atom stereocenters. The number of rotatable bonds is 9. The van der Waals surface area contributed by atoms with Crippen molar-refractivity contribution in [3.05, 3.63) is 35.5 Å². The molecule has 2 aromatic rings. The molecule has 1 aromatic heterocycles. The summed E-state index contributed by atoms with van der Waals surface area (Å²) in [5, 5.41) is 16.3. The van der Waals surface area contributed by atoms with Gasteiger partial charge < -0.3 is 30.3 Å². The Kier molecular flexibility index (Phi) is 8.22. The van der Waals surface area contributed by atoms with Gasteiger partial charge in [-0.05, 0) is 57.9 Å². The molecule has 13 heteroatoms. The first-order valence-corrected chi connectivity index (χ1v) is 13.8. The van der Waals surface area contributed by atoms with Gasteiger partial charge in [-0.3, -0.25) is 4.90 Å². The maximum atomic E-state index is 13.7. The normalized spacial score (nSPS) is 22.3. The van der Waals surface area contributed by atoms with E-state index in [1.165, 1.54) is 17.7 Å². The van der Waals surface area contributed by atoms with Crippen LogP contribution in [0, 0.1) is 0 Å². The average Bonchev–Trinajstić information content (AvgIpc) is 3.10. The number of carbonyl (C=O) groups is 1. The molecule has 3 N–H and O–H groups in total. The van der Waals surface area contributed by atoms with E-state index in [1.807, 2.05) is 18.2 Å². The summed E-state index contributed by atoms with van der Waals surface area (Å²) in [5.74, 6) is -0.378. The zero-order valence-electron chi connectivity index (χ0n) is 22.7. The van der Waals surface area contributed by atoms with Crippen molar-refractivity contribution in [2.75, 3.05) is 61.9 Å². The molecule has 5 rings (SSSR count). The zero-order valence-corrected chi connectivity index (χ0v) is 22.7. The third-order valence-electron chi connectivity index (χ3n) is 7.99. The number of carbonyl (C=O) groups excluding carboxylic acids is 1. The number of likely N-dealkylation sites (N-methyl/N-ethyl adjacent to an activating group) is 1. The first-order valence-electron chi connectivity index (χ1n) is 13.8. The summed E-state index contributed by atoms with van der Waals surface area (Å²) in [5.41, 5.74) is 1.14. The largest absolute Gasteiger partial charge is 0.449 e. The highest BCUT2D eigenvalue weighted by Gasteiger charge is 2.38. The number of piperazine rings is 1. The van der Waals surface area contributed by atoms with Crippen molar-refractivity contribution < 1.29 is 27.8 Å². The lowest BCUT2D eigenvalue weighted by Crippen LogP contribution is -2.52. The van der Waals surface area contributed by atoms with Crippen LogP contribution in [-0.2, 0) is 10.9 Å². The quantitative estimate of drug-likeness (QED) is 0.387. The average molecular weight is 564 g/mol. The van der Waals surface area contributed by atoms with Gasteiger partial charge in [-0.15, -0.1) is 0 Å². The van der Waals surface area contributed by atoms with Crippen LogP contribution in [0.2, 0.25) is 0 Å². The highest BCUT2D eigenvalue weighted by Crippen LogP contribution is 2.36. The van der Waals surface area contributed by atoms with Crippen molar-refractivity contribution >= 4 is 29.2 Å².